The van der Waals surface area contributed by atoms with Crippen LogP contribution in [0.1, 0.15) is 6.42 Å². The number of nitro groups is 1. The van der Waals surface area contributed by atoms with Gasteiger partial charge in [0.25, 0.3) is 0 Å². The van der Waals surface area contributed by atoms with Gasteiger partial charge in [-0.1, -0.05) is 0 Å². The summed E-state index contributed by atoms with van der Waals surface area (Å²) in [5, 5.41) is 21.9. The molecule has 1 heterocycles. The topological polar surface area (TPSA) is 87.8 Å². The van der Waals surface area contributed by atoms with Gasteiger partial charge in [0.15, 0.2) is 0 Å². The van der Waals surface area contributed by atoms with E-state index in [1.165, 1.54) is 0 Å². The summed E-state index contributed by atoms with van der Waals surface area (Å²) in [6, 6.07) is -0.277. The zero-order valence-corrected chi connectivity index (χ0v) is 5.15. The zero-order valence-electron chi connectivity index (χ0n) is 5.15. The fourth-order valence-electron chi connectivity index (χ4n) is 0.698. The Bertz CT molecular complexity index is 179. The summed E-state index contributed by atoms with van der Waals surface area (Å²) in [6.45, 7) is -0.124. The van der Waals surface area contributed by atoms with Crippen molar-refractivity contribution in [3.8, 4) is 0 Å². The Hall–Kier alpha value is -1.17. The normalized spacial score (nSPS) is 23.7. The van der Waals surface area contributed by atoms with Crippen LogP contribution >= 0.6 is 0 Å². The van der Waals surface area contributed by atoms with Crippen LogP contribution < -0.4 is 5.43 Å². The number of hydrogen-bond donors (Lipinski definition) is 2. The fourth-order valence-corrected chi connectivity index (χ4v) is 0.698. The Balaban J connectivity index is 2.47. The van der Waals surface area contributed by atoms with Gasteiger partial charge in [-0.3, -0.25) is 0 Å². The van der Waals surface area contributed by atoms with Crippen molar-refractivity contribution >= 4 is 5.84 Å². The Kier molecular flexibility index (Phi) is 1.81. The number of aliphatic hydroxyl groups excluding tert-OH is 1. The molecule has 1 unspecified atom stereocenters. The van der Waals surface area contributed by atoms with Crippen LogP contribution in [0.2, 0.25) is 0 Å². The molecule has 6 nitrogen and oxygen atoms in total. The van der Waals surface area contributed by atoms with Gasteiger partial charge in [-0.15, -0.1) is 0 Å². The van der Waals surface area contributed by atoms with Crippen LogP contribution in [0, 0.1) is 10.1 Å². The van der Waals surface area contributed by atoms with E-state index in [-0.39, 0.29) is 24.9 Å². The van der Waals surface area contributed by atoms with Crippen molar-refractivity contribution in [2.24, 2.45) is 5.10 Å². The molecule has 0 radical (unpaired) electrons. The standard InChI is InChI=1S/C4H7N3O3/c8-2-3-1-4(6-5-3)7(9)10/h3,5,8H,1-2H2. The number of hydrogen-bond acceptors (Lipinski definition) is 5. The largest absolute Gasteiger partial charge is 0.394 e. The highest BCUT2D eigenvalue weighted by Crippen LogP contribution is 2.01. The lowest BCUT2D eigenvalue weighted by molar-refractivity contribution is -0.352. The Labute approximate surface area is 56.7 Å². The van der Waals surface area contributed by atoms with Gasteiger partial charge >= 0.3 is 5.84 Å². The maximum Gasteiger partial charge on any atom is 0.365 e. The SMILES string of the molecule is O=[N+]([O-])C1=NNC(CO)C1. The van der Waals surface area contributed by atoms with Gasteiger partial charge in [-0.05, 0) is 4.92 Å². The minimum atomic E-state index is -0.553. The molecule has 0 fully saturated rings. The van der Waals surface area contributed by atoms with Crippen LogP contribution in [0.3, 0.4) is 0 Å². The molecule has 0 aromatic rings. The van der Waals surface area contributed by atoms with E-state index in [9.17, 15) is 10.1 Å². The van der Waals surface area contributed by atoms with E-state index in [0.29, 0.717) is 0 Å². The van der Waals surface area contributed by atoms with Gasteiger partial charge < -0.3 is 15.2 Å². The average molecular weight is 145 g/mol. The molecule has 10 heavy (non-hydrogen) atoms. The Morgan fingerprint density at radius 2 is 2.70 bits per heavy atom. The predicted octanol–water partition coefficient (Wildman–Crippen LogP) is -1.07. The lowest BCUT2D eigenvalue weighted by atomic mass is 10.2. The first-order valence-electron chi connectivity index (χ1n) is 2.81. The van der Waals surface area contributed by atoms with Crippen molar-refractivity contribution in [2.75, 3.05) is 6.61 Å². The van der Waals surface area contributed by atoms with Gasteiger partial charge in [0.05, 0.1) is 13.0 Å². The number of aliphatic hydroxyl groups is 1. The molecule has 1 aliphatic rings. The molecule has 0 saturated heterocycles. The first-order valence-corrected chi connectivity index (χ1v) is 2.81. The summed E-state index contributed by atoms with van der Waals surface area (Å²) in [4.78, 5) is 9.46. The quantitative estimate of drug-likeness (QED) is 0.363. The summed E-state index contributed by atoms with van der Waals surface area (Å²) in [5.74, 6) is -0.112. The highest BCUT2D eigenvalue weighted by molar-refractivity contribution is 5.75. The molecule has 0 amide bonds. The van der Waals surface area contributed by atoms with Crippen molar-refractivity contribution in [2.45, 2.75) is 12.5 Å². The highest BCUT2D eigenvalue weighted by atomic mass is 16.6. The molecular formula is C4H7N3O3. The van der Waals surface area contributed by atoms with Crippen molar-refractivity contribution in [3.63, 3.8) is 0 Å². The zero-order chi connectivity index (χ0) is 7.56. The van der Waals surface area contributed by atoms with E-state index < -0.39 is 4.92 Å². The van der Waals surface area contributed by atoms with Crippen LogP contribution in [0.5, 0.6) is 0 Å². The molecular weight excluding hydrogens is 138 g/mol. The van der Waals surface area contributed by atoms with Gasteiger partial charge in [0.2, 0.25) is 0 Å². The molecule has 6 heteroatoms. The van der Waals surface area contributed by atoms with Crippen LogP contribution in [-0.2, 0) is 0 Å². The van der Waals surface area contributed by atoms with E-state index in [1.807, 2.05) is 0 Å². The molecule has 0 aromatic heterocycles. The number of rotatable bonds is 1. The van der Waals surface area contributed by atoms with Gasteiger partial charge in [-0.25, -0.2) is 5.43 Å². The van der Waals surface area contributed by atoms with Crippen molar-refractivity contribution in [1.82, 2.24) is 5.43 Å². The molecule has 0 saturated carbocycles. The maximum absolute atomic E-state index is 10.0. The molecule has 0 bridgehead atoms. The van der Waals surface area contributed by atoms with E-state index >= 15 is 0 Å². The molecule has 1 atom stereocenters. The summed E-state index contributed by atoms with van der Waals surface area (Å²) >= 11 is 0. The molecule has 0 aromatic carbocycles. The molecule has 0 aliphatic carbocycles. The van der Waals surface area contributed by atoms with Crippen molar-refractivity contribution < 1.29 is 10.0 Å². The molecule has 0 spiro atoms. The second-order valence-corrected chi connectivity index (χ2v) is 2.00. The van der Waals surface area contributed by atoms with Crippen LogP contribution in [0.15, 0.2) is 5.10 Å². The molecule has 1 rings (SSSR count). The van der Waals surface area contributed by atoms with Gasteiger partial charge in [-0.2, -0.15) is 0 Å². The van der Waals surface area contributed by atoms with E-state index in [2.05, 4.69) is 10.5 Å². The Morgan fingerprint density at radius 3 is 3.00 bits per heavy atom. The lowest BCUT2D eigenvalue weighted by Crippen LogP contribution is -2.24. The van der Waals surface area contributed by atoms with Crippen LogP contribution in [0.25, 0.3) is 0 Å². The molecule has 56 valence electrons. The predicted molar refractivity (Wildman–Crippen MR) is 33.1 cm³/mol. The maximum atomic E-state index is 10.0. The average Bonchev–Trinajstić information content (AvgIpc) is 2.34. The summed E-state index contributed by atoms with van der Waals surface area (Å²) < 4.78 is 0. The molecule has 2 N–H and O–H groups in total. The van der Waals surface area contributed by atoms with E-state index in [4.69, 9.17) is 5.11 Å². The third-order valence-electron chi connectivity index (χ3n) is 1.24. The first kappa shape index (κ1) is 6.94. The number of nitrogens with one attached hydrogen (secondary N) is 1. The first-order chi connectivity index (χ1) is 4.74. The van der Waals surface area contributed by atoms with Crippen LogP contribution in [-0.4, -0.2) is 28.5 Å². The van der Waals surface area contributed by atoms with Gasteiger partial charge in [0, 0.05) is 5.10 Å². The number of nitrogens with zero attached hydrogens (tertiary/aromatic N) is 2. The summed E-state index contributed by atoms with van der Waals surface area (Å²) in [7, 11) is 0. The minimum Gasteiger partial charge on any atom is -0.394 e. The summed E-state index contributed by atoms with van der Waals surface area (Å²) in [6.07, 6.45) is 0.198. The fraction of sp³-hybridized carbons (Fsp3) is 0.750. The lowest BCUT2D eigenvalue weighted by Gasteiger charge is -1.97. The van der Waals surface area contributed by atoms with Crippen molar-refractivity contribution in [1.29, 1.82) is 0 Å². The number of amidine groups is 1. The Morgan fingerprint density at radius 1 is 2.00 bits per heavy atom. The smallest absolute Gasteiger partial charge is 0.365 e. The molecule has 1 aliphatic heterocycles. The third kappa shape index (κ3) is 1.21. The van der Waals surface area contributed by atoms with Gasteiger partial charge in [0.1, 0.15) is 6.04 Å². The van der Waals surface area contributed by atoms with E-state index in [0.717, 1.165) is 0 Å². The van der Waals surface area contributed by atoms with Crippen LogP contribution in [0.4, 0.5) is 0 Å². The highest BCUT2D eigenvalue weighted by Gasteiger charge is 2.27. The minimum absolute atomic E-state index is 0.112. The van der Waals surface area contributed by atoms with Crippen molar-refractivity contribution in [3.05, 3.63) is 10.1 Å². The van der Waals surface area contributed by atoms with E-state index in [1.54, 1.807) is 0 Å². The number of hydrazone groups is 1. The summed E-state index contributed by atoms with van der Waals surface area (Å²) in [5.41, 5.74) is 2.43. The second kappa shape index (κ2) is 2.61. The second-order valence-electron chi connectivity index (χ2n) is 2.00. The monoisotopic (exact) mass is 145 g/mol. The third-order valence-corrected chi connectivity index (χ3v) is 1.24.